The lowest BCUT2D eigenvalue weighted by atomic mass is 10.1. The highest BCUT2D eigenvalue weighted by Crippen LogP contribution is 2.30. The van der Waals surface area contributed by atoms with E-state index in [0.29, 0.717) is 5.69 Å². The van der Waals surface area contributed by atoms with Crippen molar-refractivity contribution in [2.24, 2.45) is 7.05 Å². The first kappa shape index (κ1) is 10.7. The second kappa shape index (κ2) is 3.66. The Morgan fingerprint density at radius 1 is 1.38 bits per heavy atom. The Bertz CT molecular complexity index is 501. The minimum Gasteiger partial charge on any atom is -0.396 e. The number of nitrogens with two attached hydrogens (primary N) is 1. The van der Waals surface area contributed by atoms with Crippen LogP contribution in [0, 0.1) is 13.8 Å². The molecule has 0 radical (unpaired) electrons. The first-order valence-electron chi connectivity index (χ1n) is 5.38. The van der Waals surface area contributed by atoms with E-state index in [1.165, 1.54) is 0 Å². The summed E-state index contributed by atoms with van der Waals surface area (Å²) in [4.78, 5) is 0. The van der Waals surface area contributed by atoms with Crippen molar-refractivity contribution in [1.82, 2.24) is 19.6 Å². The minimum atomic E-state index is 0.698. The summed E-state index contributed by atoms with van der Waals surface area (Å²) >= 11 is 0. The van der Waals surface area contributed by atoms with Gasteiger partial charge in [0, 0.05) is 24.8 Å². The van der Waals surface area contributed by atoms with Crippen LogP contribution in [0.1, 0.15) is 18.3 Å². The summed E-state index contributed by atoms with van der Waals surface area (Å²) in [5.41, 5.74) is 10.8. The summed E-state index contributed by atoms with van der Waals surface area (Å²) in [6.07, 6.45) is 1.68. The van der Waals surface area contributed by atoms with Crippen molar-refractivity contribution in [2.75, 3.05) is 5.73 Å². The van der Waals surface area contributed by atoms with E-state index in [9.17, 15) is 0 Å². The molecule has 5 heteroatoms. The van der Waals surface area contributed by atoms with Crippen LogP contribution >= 0.6 is 0 Å². The molecule has 2 N–H and O–H groups in total. The summed E-state index contributed by atoms with van der Waals surface area (Å²) in [7, 11) is 1.90. The van der Waals surface area contributed by atoms with Gasteiger partial charge in [0.2, 0.25) is 0 Å². The summed E-state index contributed by atoms with van der Waals surface area (Å²) < 4.78 is 3.78. The molecule has 0 atom stereocenters. The van der Waals surface area contributed by atoms with E-state index < -0.39 is 0 Å². The van der Waals surface area contributed by atoms with Gasteiger partial charge in [-0.15, -0.1) is 0 Å². The summed E-state index contributed by atoms with van der Waals surface area (Å²) in [6, 6.07) is 0. The molecule has 0 aliphatic heterocycles. The quantitative estimate of drug-likeness (QED) is 0.832. The van der Waals surface area contributed by atoms with E-state index in [4.69, 9.17) is 5.73 Å². The van der Waals surface area contributed by atoms with Crippen molar-refractivity contribution in [3.05, 3.63) is 17.6 Å². The van der Waals surface area contributed by atoms with Crippen LogP contribution in [0.3, 0.4) is 0 Å². The van der Waals surface area contributed by atoms with Crippen LogP contribution in [0.25, 0.3) is 11.3 Å². The molecule has 0 fully saturated rings. The summed E-state index contributed by atoms with van der Waals surface area (Å²) in [5, 5.41) is 8.65. The molecule has 0 saturated heterocycles. The number of aromatic nitrogens is 4. The zero-order chi connectivity index (χ0) is 11.9. The predicted molar refractivity (Wildman–Crippen MR) is 64.0 cm³/mol. The molecular weight excluding hydrogens is 202 g/mol. The minimum absolute atomic E-state index is 0.698. The maximum Gasteiger partial charge on any atom is 0.0945 e. The van der Waals surface area contributed by atoms with Crippen LogP contribution in [0.5, 0.6) is 0 Å². The van der Waals surface area contributed by atoms with Crippen LogP contribution in [0.2, 0.25) is 0 Å². The van der Waals surface area contributed by atoms with E-state index >= 15 is 0 Å². The molecule has 5 nitrogen and oxygen atoms in total. The molecular formula is C11H17N5. The van der Waals surface area contributed by atoms with Gasteiger partial charge < -0.3 is 5.73 Å². The number of anilines is 1. The van der Waals surface area contributed by atoms with Crippen LogP contribution in [0.15, 0.2) is 6.20 Å². The smallest absolute Gasteiger partial charge is 0.0945 e. The normalized spacial score (nSPS) is 11.0. The van der Waals surface area contributed by atoms with Crippen LogP contribution in [-0.2, 0) is 13.6 Å². The number of rotatable bonds is 2. The first-order valence-corrected chi connectivity index (χ1v) is 5.38. The van der Waals surface area contributed by atoms with Crippen LogP contribution < -0.4 is 5.73 Å². The topological polar surface area (TPSA) is 61.7 Å². The molecule has 0 spiro atoms. The number of nitrogens with zero attached hydrogens (tertiary/aromatic N) is 4. The highest BCUT2D eigenvalue weighted by Gasteiger charge is 2.18. The third-order valence-corrected chi connectivity index (χ3v) is 2.88. The fourth-order valence-electron chi connectivity index (χ4n) is 2.11. The Balaban J connectivity index is 2.69. The Morgan fingerprint density at radius 2 is 2.06 bits per heavy atom. The molecule has 16 heavy (non-hydrogen) atoms. The van der Waals surface area contributed by atoms with Crippen molar-refractivity contribution in [3.63, 3.8) is 0 Å². The van der Waals surface area contributed by atoms with Crippen molar-refractivity contribution in [1.29, 1.82) is 0 Å². The average molecular weight is 219 g/mol. The van der Waals surface area contributed by atoms with E-state index in [1.54, 1.807) is 10.9 Å². The van der Waals surface area contributed by atoms with Crippen molar-refractivity contribution >= 4 is 5.69 Å². The second-order valence-electron chi connectivity index (χ2n) is 3.93. The predicted octanol–water partition coefficient (Wildman–Crippen LogP) is 1.50. The van der Waals surface area contributed by atoms with E-state index in [-0.39, 0.29) is 0 Å². The standard InChI is InChI=1S/C11H17N5/c1-5-16-8(3)10(7(2)14-16)11-9(12)6-13-15(11)4/h6H,5,12H2,1-4H3. The van der Waals surface area contributed by atoms with Crippen molar-refractivity contribution in [2.45, 2.75) is 27.3 Å². The lowest BCUT2D eigenvalue weighted by Crippen LogP contribution is -2.00. The van der Waals surface area contributed by atoms with Gasteiger partial charge in [0.15, 0.2) is 0 Å². The third-order valence-electron chi connectivity index (χ3n) is 2.88. The Kier molecular flexibility index (Phi) is 2.46. The Morgan fingerprint density at radius 3 is 2.50 bits per heavy atom. The van der Waals surface area contributed by atoms with Crippen LogP contribution in [0.4, 0.5) is 5.69 Å². The molecule has 0 aliphatic carbocycles. The number of hydrogen-bond donors (Lipinski definition) is 1. The number of aryl methyl sites for hydroxylation is 3. The largest absolute Gasteiger partial charge is 0.396 e. The van der Waals surface area contributed by atoms with Crippen molar-refractivity contribution in [3.8, 4) is 11.3 Å². The van der Waals surface area contributed by atoms with Gasteiger partial charge in [0.05, 0.1) is 23.3 Å². The zero-order valence-corrected chi connectivity index (χ0v) is 10.2. The lowest BCUT2D eigenvalue weighted by Gasteiger charge is -2.05. The monoisotopic (exact) mass is 219 g/mol. The Labute approximate surface area is 94.9 Å². The third kappa shape index (κ3) is 1.39. The maximum atomic E-state index is 5.94. The zero-order valence-electron chi connectivity index (χ0n) is 10.2. The fraction of sp³-hybridized carbons (Fsp3) is 0.455. The molecule has 0 amide bonds. The van der Waals surface area contributed by atoms with Gasteiger partial charge >= 0.3 is 0 Å². The van der Waals surface area contributed by atoms with E-state index in [1.807, 2.05) is 18.7 Å². The lowest BCUT2D eigenvalue weighted by molar-refractivity contribution is 0.634. The molecule has 86 valence electrons. The molecule has 0 bridgehead atoms. The molecule has 2 aromatic heterocycles. The van der Waals surface area contributed by atoms with Gasteiger partial charge in [-0.3, -0.25) is 9.36 Å². The van der Waals surface area contributed by atoms with Gasteiger partial charge in [-0.1, -0.05) is 0 Å². The summed E-state index contributed by atoms with van der Waals surface area (Å²) in [5.74, 6) is 0. The maximum absolute atomic E-state index is 5.94. The van der Waals surface area contributed by atoms with Crippen LogP contribution in [-0.4, -0.2) is 19.6 Å². The van der Waals surface area contributed by atoms with Crippen molar-refractivity contribution < 1.29 is 0 Å². The van der Waals surface area contributed by atoms with Gasteiger partial charge in [0.25, 0.3) is 0 Å². The highest BCUT2D eigenvalue weighted by molar-refractivity contribution is 5.75. The highest BCUT2D eigenvalue weighted by atomic mass is 15.3. The molecule has 0 saturated carbocycles. The first-order chi connectivity index (χ1) is 7.56. The van der Waals surface area contributed by atoms with Gasteiger partial charge in [-0.2, -0.15) is 10.2 Å². The molecule has 2 aromatic rings. The molecule has 2 heterocycles. The molecule has 0 aliphatic rings. The molecule has 2 rings (SSSR count). The SMILES string of the molecule is CCn1nc(C)c(-c2c(N)cnn2C)c1C. The number of nitrogen functional groups attached to an aromatic ring is 1. The van der Waals surface area contributed by atoms with Gasteiger partial charge in [-0.25, -0.2) is 0 Å². The average Bonchev–Trinajstić information content (AvgIpc) is 2.70. The Hall–Kier alpha value is -1.78. The fourth-order valence-corrected chi connectivity index (χ4v) is 2.11. The van der Waals surface area contributed by atoms with Gasteiger partial charge in [-0.05, 0) is 20.8 Å². The second-order valence-corrected chi connectivity index (χ2v) is 3.93. The molecule has 0 aromatic carbocycles. The van der Waals surface area contributed by atoms with Gasteiger partial charge in [0.1, 0.15) is 0 Å². The number of hydrogen-bond acceptors (Lipinski definition) is 3. The van der Waals surface area contributed by atoms with E-state index in [0.717, 1.165) is 29.2 Å². The molecule has 0 unspecified atom stereocenters. The summed E-state index contributed by atoms with van der Waals surface area (Å²) in [6.45, 7) is 7.01. The van der Waals surface area contributed by atoms with E-state index in [2.05, 4.69) is 24.0 Å².